The lowest BCUT2D eigenvalue weighted by atomic mass is 9.96. The van der Waals surface area contributed by atoms with Gasteiger partial charge < -0.3 is 103 Å². The van der Waals surface area contributed by atoms with Gasteiger partial charge in [-0.3, -0.25) is 18.3 Å². The molecule has 5 aliphatic rings. The van der Waals surface area contributed by atoms with Gasteiger partial charge in [-0.1, -0.05) is 59.2 Å². The predicted molar refractivity (Wildman–Crippen MR) is 338 cm³/mol. The number of nitrogens with zero attached hydrogens (tertiary/aromatic N) is 12. The average molecular weight is 1550 g/mol. The topological polar surface area (TPSA) is 579 Å². The summed E-state index contributed by atoms with van der Waals surface area (Å²) in [4.78, 5) is 79.0. The summed E-state index contributed by atoms with van der Waals surface area (Å²) < 4.78 is 249. The Hall–Kier alpha value is -10.3. The number of aryl methyl sites for hydroxylation is 1. The van der Waals surface area contributed by atoms with Gasteiger partial charge in [0.2, 0.25) is 40.5 Å². The number of aliphatic hydroxyl groups is 10. The first kappa shape index (κ1) is 71.0. The molecule has 5 aromatic heterocycles. The number of hydrogen-bond acceptors (Lipinski definition) is 32. The van der Waals surface area contributed by atoms with Gasteiger partial charge in [-0.25, -0.2) is 77.3 Å². The highest BCUT2D eigenvalue weighted by Gasteiger charge is 2.62. The Balaban J connectivity index is 0.000000227. The van der Waals surface area contributed by atoms with Crippen molar-refractivity contribution in [3.63, 3.8) is 0 Å². The molecule has 10 rings (SSSR count). The van der Waals surface area contributed by atoms with E-state index in [1.807, 2.05) is 5.92 Å². The van der Waals surface area contributed by atoms with Gasteiger partial charge in [-0.2, -0.15) is 34.7 Å². The second-order valence-electron chi connectivity index (χ2n) is 21.4. The summed E-state index contributed by atoms with van der Waals surface area (Å²) in [6, 6.07) is 2.36. The molecule has 5 saturated heterocycles. The summed E-state index contributed by atoms with van der Waals surface area (Å²) in [5.41, 5.74) is 5.20. The average Bonchev–Trinajstić information content (AvgIpc) is 1.61. The van der Waals surface area contributed by atoms with E-state index in [-0.39, 0.29) is 27.7 Å². The first-order chi connectivity index (χ1) is 53.9. The van der Waals surface area contributed by atoms with Crippen LogP contribution < -0.4 is 57.1 Å². The molecule has 582 valence electrons. The molecule has 0 aromatic carbocycles. The van der Waals surface area contributed by atoms with Crippen LogP contribution in [-0.2, 0) is 23.7 Å². The molecule has 10 heterocycles. The molecule has 5 aliphatic heterocycles. The van der Waals surface area contributed by atoms with Crippen molar-refractivity contribution in [1.29, 1.82) is 0 Å². The van der Waals surface area contributed by atoms with E-state index in [1.54, 1.807) is 53.3 Å². The van der Waals surface area contributed by atoms with Crippen LogP contribution in [0.1, 0.15) is 50.5 Å². The maximum Gasteiger partial charge on any atom is 0.368 e. The Morgan fingerprint density at radius 1 is 0.477 bits per heavy atom. The summed E-state index contributed by atoms with van der Waals surface area (Å²) in [7, 11) is 0. The standard InChI is InChI=1S/C13H15F2N3O4.C12H12F3N3O4.C12H13F2N3O4.2C11H12F2N4O4/c1-7-5-9(16)17-12(21)18(7)11-13(15,3-2-4-14)10(20)8(6-19)22-11;13-3-1-2-12(15)8(20)7(5-19)22-10(12)18-4-6(14)9(16)17-11(18)21;13-4-1-3-12(14)9(19)7(6-18)21-10(12)17-5-2-8(15)16-11(17)20;12-3-1-2-11(13)8(19)6(5-18)21-9(11)17-10(20)16-7(14)4-15-17;12-3-1-2-11(13)7(19)6(4-18)21-8(11)17-5-15-9(14)16-10(17)20/h5,8,10-11,19-20H,4,6H2,1H3,(H2,16,17,21);4,7-8,10,19-20H,3,5H2,(H2,16,17,21);2,5,7,9-10,18-19H,4,6H2,(H2,15,16,20);4,6,8-9,18-19H,3,5H2,(H2,14,16,20);5-8,18-19H,3-4H2,(H2,14,16,20)/t8-,10+,11-,13?;7-,8+,10-,12?;7-,9+,10-,12?;6-,8+,9-,11?;6-,7+,8-,11?/m11111/s1/i6D2;5D2;6D2;5D2;4D2. The van der Waals surface area contributed by atoms with E-state index in [4.69, 9.17) is 66.1 Å². The predicted octanol–water partition coefficient (Wildman–Crippen LogP) is -6.98. The summed E-state index contributed by atoms with van der Waals surface area (Å²) in [6.07, 6.45) is -29.2. The van der Waals surface area contributed by atoms with Gasteiger partial charge in [0.15, 0.2) is 36.5 Å². The molecule has 5 fully saturated rings. The fraction of sp³-hybridized carbons (Fsp3) is 0.525. The van der Waals surface area contributed by atoms with Crippen molar-refractivity contribution in [2.24, 2.45) is 0 Å². The summed E-state index contributed by atoms with van der Waals surface area (Å²) in [6.45, 7) is -20.7. The van der Waals surface area contributed by atoms with Gasteiger partial charge in [0.25, 0.3) is 0 Å². The van der Waals surface area contributed by atoms with Crippen LogP contribution in [-0.4, -0.2) is 265 Å². The lowest BCUT2D eigenvalue weighted by Gasteiger charge is -2.25. The lowest BCUT2D eigenvalue weighted by molar-refractivity contribution is -0.0610. The molecule has 48 heteroatoms. The number of ether oxygens (including phenoxy) is 5. The highest BCUT2D eigenvalue weighted by molar-refractivity contribution is 5.33. The van der Waals surface area contributed by atoms with Crippen molar-refractivity contribution in [2.45, 2.75) is 127 Å². The van der Waals surface area contributed by atoms with Crippen LogP contribution in [0, 0.1) is 71.9 Å². The molecule has 0 aliphatic carbocycles. The Bertz CT molecular complexity index is 4820. The van der Waals surface area contributed by atoms with Crippen LogP contribution in [0.4, 0.5) is 77.5 Å². The quantitative estimate of drug-likeness (QED) is 0.0456. The van der Waals surface area contributed by atoms with Crippen LogP contribution >= 0.6 is 0 Å². The molecule has 5 unspecified atom stereocenters. The van der Waals surface area contributed by atoms with E-state index >= 15 is 22.0 Å². The smallest absolute Gasteiger partial charge is 0.368 e. The second kappa shape index (κ2) is 36.3. The third-order valence-electron chi connectivity index (χ3n) is 14.8. The molecule has 20 atom stereocenters. The number of alkyl halides is 10. The van der Waals surface area contributed by atoms with Crippen LogP contribution in [0.25, 0.3) is 0 Å². The monoisotopic (exact) mass is 1550 g/mol. The van der Waals surface area contributed by atoms with Gasteiger partial charge in [-0.15, -0.1) is 0 Å². The fourth-order valence-corrected chi connectivity index (χ4v) is 9.89. The number of rotatable bonds is 10. The van der Waals surface area contributed by atoms with Crippen molar-refractivity contribution in [2.75, 3.05) is 94.8 Å². The van der Waals surface area contributed by atoms with Gasteiger partial charge in [-0.05, 0) is 19.1 Å². The molecular weight excluding hydrogens is 1480 g/mol. The Morgan fingerprint density at radius 2 is 0.822 bits per heavy atom. The van der Waals surface area contributed by atoms with E-state index < -0.39 is 233 Å². The third-order valence-corrected chi connectivity index (χ3v) is 14.8. The number of hydrogen-bond donors (Lipinski definition) is 15. The summed E-state index contributed by atoms with van der Waals surface area (Å²) >= 11 is 0. The molecule has 107 heavy (non-hydrogen) atoms. The minimum atomic E-state index is -3.23. The third kappa shape index (κ3) is 18.1. The van der Waals surface area contributed by atoms with Gasteiger partial charge in [0, 0.05) is 11.9 Å². The zero-order valence-corrected chi connectivity index (χ0v) is 53.6. The second-order valence-corrected chi connectivity index (χ2v) is 21.4. The maximum absolute atomic E-state index is 15.3. The normalized spacial score (nSPS) is 33.4. The first-order valence-electron chi connectivity index (χ1n) is 34.1. The van der Waals surface area contributed by atoms with E-state index in [0.717, 1.165) is 24.8 Å². The molecule has 0 bridgehead atoms. The summed E-state index contributed by atoms with van der Waals surface area (Å²) in [5, 5.41) is 100. The van der Waals surface area contributed by atoms with E-state index in [2.05, 4.69) is 35.0 Å². The number of aliphatic hydroxyl groups excluding tert-OH is 5. The first-order valence-corrected chi connectivity index (χ1v) is 29.1. The Morgan fingerprint density at radius 3 is 1.21 bits per heavy atom. The van der Waals surface area contributed by atoms with Crippen LogP contribution in [0.2, 0.25) is 0 Å². The van der Waals surface area contributed by atoms with Crippen molar-refractivity contribution < 1.29 is 137 Å². The highest BCUT2D eigenvalue weighted by Crippen LogP contribution is 2.45. The zero-order chi connectivity index (χ0) is 88.8. The Kier molecular flexibility index (Phi) is 24.1. The molecule has 0 saturated carbocycles. The molecule has 0 radical (unpaired) electrons. The maximum atomic E-state index is 15.3. The van der Waals surface area contributed by atoms with Crippen molar-refractivity contribution in [3.05, 3.63) is 101 Å². The Labute approximate surface area is 605 Å². The van der Waals surface area contributed by atoms with Crippen molar-refractivity contribution in [3.8, 4) is 59.2 Å². The van der Waals surface area contributed by atoms with Crippen molar-refractivity contribution >= 4 is 29.2 Å². The van der Waals surface area contributed by atoms with Crippen LogP contribution in [0.15, 0.2) is 61.0 Å². The van der Waals surface area contributed by atoms with Gasteiger partial charge in [0.05, 0.1) is 58.9 Å². The molecule has 0 amide bonds. The van der Waals surface area contributed by atoms with Crippen LogP contribution in [0.3, 0.4) is 0 Å². The molecule has 20 N–H and O–H groups in total. The number of nitrogen functional groups attached to an aromatic ring is 5. The van der Waals surface area contributed by atoms with Crippen LogP contribution in [0.5, 0.6) is 0 Å². The number of nitrogens with two attached hydrogens (primary N) is 5. The van der Waals surface area contributed by atoms with E-state index in [9.17, 15) is 101 Å². The van der Waals surface area contributed by atoms with Gasteiger partial charge >= 0.3 is 28.4 Å². The minimum Gasteiger partial charge on any atom is -0.394 e. The van der Waals surface area contributed by atoms with Crippen molar-refractivity contribution in [1.82, 2.24) is 58.0 Å². The zero-order valence-electron chi connectivity index (χ0n) is 63.6. The largest absolute Gasteiger partial charge is 0.394 e. The van der Waals surface area contributed by atoms with E-state index in [0.29, 0.717) is 24.6 Å². The lowest BCUT2D eigenvalue weighted by Crippen LogP contribution is -2.45. The SMILES string of the molecule is [2H]C([2H])(O)[C@H]1O[C@@H](n2c(C)cc(N)nc2=O)C(F)(C#CCF)[C@H]1O.[2H]C([2H])(O)[C@H]1O[C@@H](n2cc(F)c(N)nc2=O)C(F)(C#CCF)[C@H]1O.[2H]C([2H])(O)[C@H]1O[C@@H](n2ccc(N)nc2=O)C(F)(C#CCF)[C@H]1O.[2H]C([2H])(O)[C@H]1O[C@@H](n2cnc(N)nc2=O)C(F)(C#CCF)[C@H]1O.[2H]C([2H])(O)[C@H]1O[C@@H](n2ncc(N)nc2=O)C(F)(C#CCF)[C@H]1O. The highest BCUT2D eigenvalue weighted by atomic mass is 19.2. The number of aromatic nitrogens is 12. The van der Waals surface area contributed by atoms with E-state index in [1.165, 1.54) is 13.0 Å². The molecule has 0 spiro atoms. The number of anilines is 5. The molecular formula is C59H64F11N17O20. The fourth-order valence-electron chi connectivity index (χ4n) is 9.89. The van der Waals surface area contributed by atoms with Gasteiger partial charge in [0.1, 0.15) is 118 Å². The number of halogens is 11. The molecule has 37 nitrogen and oxygen atoms in total. The molecule has 5 aromatic rings. The summed E-state index contributed by atoms with van der Waals surface area (Å²) in [5.74, 6) is 14.6. The minimum absolute atomic E-state index is 0.0907.